The van der Waals surface area contributed by atoms with Gasteiger partial charge in [0.25, 0.3) is 0 Å². The highest BCUT2D eigenvalue weighted by molar-refractivity contribution is 4.74. The molecule has 1 fully saturated rings. The fourth-order valence-corrected chi connectivity index (χ4v) is 2.26. The van der Waals surface area contributed by atoms with Gasteiger partial charge in [0, 0.05) is 19.7 Å². The van der Waals surface area contributed by atoms with E-state index >= 15 is 0 Å². The molecule has 17 heavy (non-hydrogen) atoms. The van der Waals surface area contributed by atoms with Crippen molar-refractivity contribution in [3.05, 3.63) is 0 Å². The van der Waals surface area contributed by atoms with E-state index in [1.54, 1.807) is 7.11 Å². The average molecular weight is 244 g/mol. The Bertz CT molecular complexity index is 190. The Hall–Kier alpha value is -0.160. The van der Waals surface area contributed by atoms with Crippen molar-refractivity contribution < 1.29 is 9.47 Å². The second-order valence-electron chi connectivity index (χ2n) is 4.85. The van der Waals surface area contributed by atoms with Gasteiger partial charge in [0.05, 0.1) is 19.3 Å². The number of likely N-dealkylation sites (N-methyl/N-ethyl adjacent to an activating group) is 2. The molecule has 0 aliphatic carbocycles. The first-order valence-electron chi connectivity index (χ1n) is 6.79. The third-order valence-corrected chi connectivity index (χ3v) is 3.42. The Morgan fingerprint density at radius 1 is 1.41 bits per heavy atom. The van der Waals surface area contributed by atoms with Gasteiger partial charge in [-0.3, -0.25) is 0 Å². The Kier molecular flexibility index (Phi) is 7.77. The Morgan fingerprint density at radius 3 is 2.88 bits per heavy atom. The van der Waals surface area contributed by atoms with Crippen LogP contribution in [0.4, 0.5) is 0 Å². The van der Waals surface area contributed by atoms with Gasteiger partial charge in [-0.15, -0.1) is 0 Å². The van der Waals surface area contributed by atoms with Gasteiger partial charge >= 0.3 is 0 Å². The Labute approximate surface area is 106 Å². The number of nitrogens with one attached hydrogen (secondary N) is 1. The molecule has 0 saturated carbocycles. The number of rotatable bonds is 8. The molecule has 2 unspecified atom stereocenters. The van der Waals surface area contributed by atoms with Crippen molar-refractivity contribution in [2.45, 2.75) is 38.3 Å². The second kappa shape index (κ2) is 8.86. The number of methoxy groups -OCH3 is 1. The molecule has 4 heteroatoms. The maximum Gasteiger partial charge on any atom is 0.0933 e. The van der Waals surface area contributed by atoms with Crippen molar-refractivity contribution in [2.24, 2.45) is 0 Å². The van der Waals surface area contributed by atoms with Crippen LogP contribution in [0.15, 0.2) is 0 Å². The lowest BCUT2D eigenvalue weighted by atomic mass is 10.0. The Morgan fingerprint density at radius 2 is 2.24 bits per heavy atom. The van der Waals surface area contributed by atoms with Crippen molar-refractivity contribution in [1.82, 2.24) is 10.2 Å². The zero-order chi connectivity index (χ0) is 12.5. The van der Waals surface area contributed by atoms with Crippen LogP contribution in [0.1, 0.15) is 26.2 Å². The van der Waals surface area contributed by atoms with E-state index in [0.717, 1.165) is 19.7 Å². The molecule has 2 atom stereocenters. The van der Waals surface area contributed by atoms with Gasteiger partial charge < -0.3 is 19.7 Å². The molecule has 0 radical (unpaired) electrons. The quantitative estimate of drug-likeness (QED) is 0.693. The summed E-state index contributed by atoms with van der Waals surface area (Å²) in [5.41, 5.74) is 0. The topological polar surface area (TPSA) is 33.7 Å². The first-order valence-corrected chi connectivity index (χ1v) is 6.79. The van der Waals surface area contributed by atoms with Gasteiger partial charge in [-0.1, -0.05) is 13.3 Å². The average Bonchev–Trinajstić information content (AvgIpc) is 2.34. The van der Waals surface area contributed by atoms with Gasteiger partial charge in [0.15, 0.2) is 0 Å². The van der Waals surface area contributed by atoms with E-state index in [0.29, 0.717) is 12.6 Å². The van der Waals surface area contributed by atoms with Crippen molar-refractivity contribution in [2.75, 3.05) is 47.0 Å². The van der Waals surface area contributed by atoms with Gasteiger partial charge in [0.2, 0.25) is 0 Å². The van der Waals surface area contributed by atoms with Gasteiger partial charge in [-0.05, 0) is 33.0 Å². The molecule has 1 heterocycles. The molecule has 4 nitrogen and oxygen atoms in total. The number of likely N-dealkylation sites (tertiary alicyclic amines) is 1. The lowest BCUT2D eigenvalue weighted by Gasteiger charge is -2.33. The number of hydrogen-bond acceptors (Lipinski definition) is 4. The van der Waals surface area contributed by atoms with E-state index in [1.807, 2.05) is 0 Å². The molecule has 0 aromatic rings. The summed E-state index contributed by atoms with van der Waals surface area (Å²) in [6, 6.07) is 0.588. The third-order valence-electron chi connectivity index (χ3n) is 3.42. The van der Waals surface area contributed by atoms with E-state index in [4.69, 9.17) is 9.47 Å². The van der Waals surface area contributed by atoms with Crippen molar-refractivity contribution >= 4 is 0 Å². The zero-order valence-corrected chi connectivity index (χ0v) is 11.6. The van der Waals surface area contributed by atoms with Gasteiger partial charge in [-0.2, -0.15) is 0 Å². The molecular weight excluding hydrogens is 216 g/mol. The van der Waals surface area contributed by atoms with Crippen LogP contribution in [-0.2, 0) is 9.47 Å². The summed E-state index contributed by atoms with van der Waals surface area (Å²) in [5, 5.41) is 3.31. The predicted octanol–water partition coefficient (Wildman–Crippen LogP) is 1.11. The summed E-state index contributed by atoms with van der Waals surface area (Å²) in [5.74, 6) is 0. The molecule has 1 saturated heterocycles. The molecule has 102 valence electrons. The summed E-state index contributed by atoms with van der Waals surface area (Å²) >= 11 is 0. The number of ether oxygens (including phenoxy) is 2. The minimum absolute atomic E-state index is 0.176. The third kappa shape index (κ3) is 5.82. The molecule has 0 amide bonds. The van der Waals surface area contributed by atoms with E-state index in [-0.39, 0.29) is 6.10 Å². The summed E-state index contributed by atoms with van der Waals surface area (Å²) in [6.45, 7) is 6.67. The maximum atomic E-state index is 5.97. The van der Waals surface area contributed by atoms with E-state index in [9.17, 15) is 0 Å². The molecule has 1 aliphatic heterocycles. The SMILES string of the molecule is CCNCC(COC)OCC1CCCCN1C. The van der Waals surface area contributed by atoms with Crippen molar-refractivity contribution in [3.63, 3.8) is 0 Å². The lowest BCUT2D eigenvalue weighted by Crippen LogP contribution is -2.42. The van der Waals surface area contributed by atoms with E-state index < -0.39 is 0 Å². The lowest BCUT2D eigenvalue weighted by molar-refractivity contribution is -0.0295. The summed E-state index contributed by atoms with van der Waals surface area (Å²) in [7, 11) is 3.93. The van der Waals surface area contributed by atoms with Crippen LogP contribution in [0.3, 0.4) is 0 Å². The van der Waals surface area contributed by atoms with Crippen LogP contribution < -0.4 is 5.32 Å². The first kappa shape index (κ1) is 14.9. The first-order chi connectivity index (χ1) is 8.27. The minimum atomic E-state index is 0.176. The van der Waals surface area contributed by atoms with Crippen molar-refractivity contribution in [1.29, 1.82) is 0 Å². The van der Waals surface area contributed by atoms with Crippen LogP contribution in [-0.4, -0.2) is 64.1 Å². The van der Waals surface area contributed by atoms with Crippen LogP contribution in [0, 0.1) is 0 Å². The molecule has 1 aliphatic rings. The van der Waals surface area contributed by atoms with Crippen LogP contribution in [0.5, 0.6) is 0 Å². The largest absolute Gasteiger partial charge is 0.382 e. The van der Waals surface area contributed by atoms with E-state index in [2.05, 4.69) is 24.2 Å². The monoisotopic (exact) mass is 244 g/mol. The smallest absolute Gasteiger partial charge is 0.0933 e. The fraction of sp³-hybridized carbons (Fsp3) is 1.00. The van der Waals surface area contributed by atoms with Crippen LogP contribution in [0.25, 0.3) is 0 Å². The second-order valence-corrected chi connectivity index (χ2v) is 4.85. The molecular formula is C13H28N2O2. The predicted molar refractivity (Wildman–Crippen MR) is 70.4 cm³/mol. The molecule has 0 spiro atoms. The van der Waals surface area contributed by atoms with Gasteiger partial charge in [0.1, 0.15) is 0 Å². The summed E-state index contributed by atoms with van der Waals surface area (Å²) in [6.07, 6.45) is 4.10. The molecule has 1 rings (SSSR count). The van der Waals surface area contributed by atoms with Crippen LogP contribution >= 0.6 is 0 Å². The molecule has 0 aromatic carbocycles. The van der Waals surface area contributed by atoms with Crippen molar-refractivity contribution in [3.8, 4) is 0 Å². The number of hydrogen-bond donors (Lipinski definition) is 1. The molecule has 1 N–H and O–H groups in total. The number of nitrogens with zero attached hydrogens (tertiary/aromatic N) is 1. The van der Waals surface area contributed by atoms with Crippen LogP contribution in [0.2, 0.25) is 0 Å². The normalized spacial score (nSPS) is 23.8. The summed E-state index contributed by atoms with van der Waals surface area (Å²) < 4.78 is 11.2. The fourth-order valence-electron chi connectivity index (χ4n) is 2.26. The highest BCUT2D eigenvalue weighted by atomic mass is 16.5. The highest BCUT2D eigenvalue weighted by Crippen LogP contribution is 2.15. The molecule has 0 aromatic heterocycles. The van der Waals surface area contributed by atoms with E-state index in [1.165, 1.54) is 25.8 Å². The standard InChI is InChI=1S/C13H28N2O2/c1-4-14-9-13(11-16-3)17-10-12-7-5-6-8-15(12)2/h12-14H,4-11H2,1-3H3. The highest BCUT2D eigenvalue weighted by Gasteiger charge is 2.20. The Balaban J connectivity index is 2.23. The molecule has 0 bridgehead atoms. The summed E-state index contributed by atoms with van der Waals surface area (Å²) in [4.78, 5) is 2.42. The number of piperidine rings is 1. The maximum absolute atomic E-state index is 5.97. The van der Waals surface area contributed by atoms with Gasteiger partial charge in [-0.25, -0.2) is 0 Å². The minimum Gasteiger partial charge on any atom is -0.382 e. The zero-order valence-electron chi connectivity index (χ0n) is 11.6.